The highest BCUT2D eigenvalue weighted by molar-refractivity contribution is 5.97. The molecule has 4 N–H and O–H groups in total. The number of carboxylic acid groups (broad SMARTS) is 1. The van der Waals surface area contributed by atoms with Crippen molar-refractivity contribution < 1.29 is 24.2 Å². The van der Waals surface area contributed by atoms with Crippen molar-refractivity contribution in [3.05, 3.63) is 23.8 Å². The Labute approximate surface area is 153 Å². The van der Waals surface area contributed by atoms with E-state index in [1.54, 1.807) is 18.2 Å². The van der Waals surface area contributed by atoms with Crippen LogP contribution in [0.2, 0.25) is 0 Å². The first-order valence-corrected chi connectivity index (χ1v) is 8.31. The predicted molar refractivity (Wildman–Crippen MR) is 98.5 cm³/mol. The fourth-order valence-corrected chi connectivity index (χ4v) is 2.52. The normalized spacial score (nSPS) is 12.6. The highest BCUT2D eigenvalue weighted by Crippen LogP contribution is 2.27. The second kappa shape index (κ2) is 10.3. The Morgan fingerprint density at radius 1 is 1.23 bits per heavy atom. The van der Waals surface area contributed by atoms with Gasteiger partial charge in [0.1, 0.15) is 0 Å². The SMILES string of the molecule is COc1ccc(CC(=O)NC(N)=N[C@@H](CC(=O)O)CC(C)C)cc1OC. The number of nitrogens with two attached hydrogens (primary N) is 1. The monoisotopic (exact) mass is 365 g/mol. The zero-order valence-electron chi connectivity index (χ0n) is 15.6. The van der Waals surface area contributed by atoms with E-state index in [0.717, 1.165) is 5.56 Å². The molecule has 1 aromatic carbocycles. The molecule has 8 heteroatoms. The van der Waals surface area contributed by atoms with E-state index in [9.17, 15) is 9.59 Å². The molecular formula is C18H27N3O5. The Hall–Kier alpha value is -2.77. The molecule has 0 spiro atoms. The molecule has 0 aromatic heterocycles. The van der Waals surface area contributed by atoms with Crippen LogP contribution in [-0.2, 0) is 16.0 Å². The highest BCUT2D eigenvalue weighted by Gasteiger charge is 2.15. The summed E-state index contributed by atoms with van der Waals surface area (Å²) in [7, 11) is 3.05. The number of aliphatic imine (C=N–C) groups is 1. The smallest absolute Gasteiger partial charge is 0.305 e. The van der Waals surface area contributed by atoms with Crippen molar-refractivity contribution in [2.75, 3.05) is 14.2 Å². The first-order chi connectivity index (χ1) is 12.2. The molecule has 0 unspecified atom stereocenters. The number of hydrogen-bond donors (Lipinski definition) is 3. The van der Waals surface area contributed by atoms with Crippen LogP contribution in [0.1, 0.15) is 32.3 Å². The van der Waals surface area contributed by atoms with E-state index in [-0.39, 0.29) is 30.6 Å². The van der Waals surface area contributed by atoms with Gasteiger partial charge in [-0.2, -0.15) is 0 Å². The minimum absolute atomic E-state index is 0.0738. The molecule has 0 saturated heterocycles. The lowest BCUT2D eigenvalue weighted by atomic mass is 10.0. The summed E-state index contributed by atoms with van der Waals surface area (Å²) in [5.41, 5.74) is 6.48. The highest BCUT2D eigenvalue weighted by atomic mass is 16.5. The second-order valence-electron chi connectivity index (χ2n) is 6.31. The van der Waals surface area contributed by atoms with E-state index >= 15 is 0 Å². The summed E-state index contributed by atoms with van der Waals surface area (Å²) in [5, 5.41) is 11.5. The van der Waals surface area contributed by atoms with Crippen LogP contribution in [0.25, 0.3) is 0 Å². The largest absolute Gasteiger partial charge is 0.493 e. The minimum atomic E-state index is -0.955. The number of amides is 1. The summed E-state index contributed by atoms with van der Waals surface area (Å²) >= 11 is 0. The number of rotatable bonds is 9. The molecule has 26 heavy (non-hydrogen) atoms. The van der Waals surface area contributed by atoms with E-state index < -0.39 is 12.0 Å². The van der Waals surface area contributed by atoms with Gasteiger partial charge in [-0.1, -0.05) is 19.9 Å². The summed E-state index contributed by atoms with van der Waals surface area (Å²) in [6.45, 7) is 3.94. The van der Waals surface area contributed by atoms with Gasteiger partial charge < -0.3 is 20.3 Å². The van der Waals surface area contributed by atoms with Crippen molar-refractivity contribution in [2.24, 2.45) is 16.6 Å². The standard InChI is InChI=1S/C18H27N3O5/c1-11(2)7-13(10-17(23)24)20-18(19)21-16(22)9-12-5-6-14(25-3)15(8-12)26-4/h5-6,8,11,13H,7,9-10H2,1-4H3,(H,23,24)(H3,19,20,21,22)/t13-/m1/s1. The molecule has 1 atom stereocenters. The lowest BCUT2D eigenvalue weighted by Gasteiger charge is -2.14. The fourth-order valence-electron chi connectivity index (χ4n) is 2.52. The number of guanidine groups is 1. The van der Waals surface area contributed by atoms with Gasteiger partial charge in [-0.05, 0) is 30.0 Å². The first-order valence-electron chi connectivity index (χ1n) is 8.31. The van der Waals surface area contributed by atoms with Gasteiger partial charge in [-0.3, -0.25) is 14.9 Å². The second-order valence-corrected chi connectivity index (χ2v) is 6.31. The first kappa shape index (κ1) is 21.3. The van der Waals surface area contributed by atoms with Crippen LogP contribution in [0.3, 0.4) is 0 Å². The van der Waals surface area contributed by atoms with Gasteiger partial charge in [0.05, 0.1) is 33.1 Å². The fraction of sp³-hybridized carbons (Fsp3) is 0.500. The third kappa shape index (κ3) is 7.42. The molecule has 0 saturated carbocycles. The Balaban J connectivity index is 2.74. The molecule has 0 bridgehead atoms. The van der Waals surface area contributed by atoms with Gasteiger partial charge in [0, 0.05) is 0 Å². The summed E-state index contributed by atoms with van der Waals surface area (Å²) in [6, 6.07) is 4.69. The van der Waals surface area contributed by atoms with Crippen LogP contribution in [0, 0.1) is 5.92 Å². The summed E-state index contributed by atoms with van der Waals surface area (Å²) in [4.78, 5) is 27.2. The van der Waals surface area contributed by atoms with E-state index in [1.165, 1.54) is 14.2 Å². The van der Waals surface area contributed by atoms with Crippen LogP contribution in [0.5, 0.6) is 11.5 Å². The topological polar surface area (TPSA) is 123 Å². The third-order valence-electron chi connectivity index (χ3n) is 3.56. The van der Waals surface area contributed by atoms with Crippen LogP contribution >= 0.6 is 0 Å². The molecule has 8 nitrogen and oxygen atoms in total. The van der Waals surface area contributed by atoms with Crippen molar-refractivity contribution in [3.63, 3.8) is 0 Å². The maximum Gasteiger partial charge on any atom is 0.305 e. The van der Waals surface area contributed by atoms with E-state index in [2.05, 4.69) is 10.3 Å². The number of carboxylic acids is 1. The molecule has 0 radical (unpaired) electrons. The molecule has 0 aliphatic carbocycles. The molecule has 0 fully saturated rings. The van der Waals surface area contributed by atoms with Crippen LogP contribution in [0.4, 0.5) is 0 Å². The zero-order chi connectivity index (χ0) is 19.7. The van der Waals surface area contributed by atoms with Gasteiger partial charge in [-0.15, -0.1) is 0 Å². The number of nitrogens with zero attached hydrogens (tertiary/aromatic N) is 1. The quantitative estimate of drug-likeness (QED) is 0.451. The Bertz CT molecular complexity index is 658. The van der Waals surface area contributed by atoms with Crippen molar-refractivity contribution in [1.29, 1.82) is 0 Å². The molecule has 144 valence electrons. The maximum absolute atomic E-state index is 12.1. The molecule has 0 aliphatic rings. The summed E-state index contributed by atoms with van der Waals surface area (Å²) in [5.74, 6) is -0.0254. The molecule has 1 amide bonds. The summed E-state index contributed by atoms with van der Waals surface area (Å²) in [6.07, 6.45) is 0.507. The van der Waals surface area contributed by atoms with Crippen molar-refractivity contribution in [2.45, 2.75) is 39.2 Å². The number of aliphatic carboxylic acids is 1. The predicted octanol–water partition coefficient (Wildman–Crippen LogP) is 1.57. The van der Waals surface area contributed by atoms with Crippen LogP contribution in [0.15, 0.2) is 23.2 Å². The number of benzene rings is 1. The average molecular weight is 365 g/mol. The number of carbonyl (C=O) groups excluding carboxylic acids is 1. The molecule has 0 heterocycles. The zero-order valence-corrected chi connectivity index (χ0v) is 15.6. The number of methoxy groups -OCH3 is 2. The third-order valence-corrected chi connectivity index (χ3v) is 3.56. The average Bonchev–Trinajstić information content (AvgIpc) is 2.52. The lowest BCUT2D eigenvalue weighted by Crippen LogP contribution is -2.39. The van der Waals surface area contributed by atoms with Gasteiger partial charge in [0.2, 0.25) is 5.91 Å². The summed E-state index contributed by atoms with van der Waals surface area (Å²) < 4.78 is 10.4. The number of carbonyl (C=O) groups is 2. The van der Waals surface area contributed by atoms with Crippen molar-refractivity contribution in [3.8, 4) is 11.5 Å². The Morgan fingerprint density at radius 2 is 1.88 bits per heavy atom. The molecule has 1 aromatic rings. The Morgan fingerprint density at radius 3 is 2.42 bits per heavy atom. The maximum atomic E-state index is 12.1. The van der Waals surface area contributed by atoms with E-state index in [0.29, 0.717) is 17.9 Å². The van der Waals surface area contributed by atoms with Crippen LogP contribution in [-0.4, -0.2) is 43.2 Å². The lowest BCUT2D eigenvalue weighted by molar-refractivity contribution is -0.137. The van der Waals surface area contributed by atoms with Gasteiger partial charge >= 0.3 is 5.97 Å². The van der Waals surface area contributed by atoms with Gasteiger partial charge in [0.15, 0.2) is 17.5 Å². The van der Waals surface area contributed by atoms with E-state index in [1.807, 2.05) is 13.8 Å². The van der Waals surface area contributed by atoms with Gasteiger partial charge in [-0.25, -0.2) is 4.99 Å². The number of nitrogens with one attached hydrogen (secondary N) is 1. The number of ether oxygens (including phenoxy) is 2. The van der Waals surface area contributed by atoms with Crippen molar-refractivity contribution in [1.82, 2.24) is 5.32 Å². The van der Waals surface area contributed by atoms with Gasteiger partial charge in [0.25, 0.3) is 0 Å². The molecule has 1 rings (SSSR count). The molecule has 0 aliphatic heterocycles. The van der Waals surface area contributed by atoms with Crippen molar-refractivity contribution >= 4 is 17.8 Å². The number of hydrogen-bond acceptors (Lipinski definition) is 5. The minimum Gasteiger partial charge on any atom is -0.493 e. The molecular weight excluding hydrogens is 338 g/mol. The Kier molecular flexibility index (Phi) is 8.41. The van der Waals surface area contributed by atoms with E-state index in [4.69, 9.17) is 20.3 Å². The van der Waals surface area contributed by atoms with Crippen LogP contribution < -0.4 is 20.5 Å².